The third kappa shape index (κ3) is 3.70. The highest BCUT2D eigenvalue weighted by Gasteiger charge is 2.44. The maximum absolute atomic E-state index is 13.5. The zero-order chi connectivity index (χ0) is 21.4. The van der Waals surface area contributed by atoms with Crippen molar-refractivity contribution in [1.82, 2.24) is 9.88 Å². The number of aromatic nitrogens is 1. The van der Waals surface area contributed by atoms with E-state index in [-0.39, 0.29) is 17.9 Å². The predicted molar refractivity (Wildman–Crippen MR) is 119 cm³/mol. The molecule has 1 aliphatic heterocycles. The molecule has 2 aromatic carbocycles. The highest BCUT2D eigenvalue weighted by Crippen LogP contribution is 2.41. The SMILES string of the molecule is Cc1nc(C)c(C(=O)C2=C(O)C(=O)N(Cc3ccccc3)C2c2ccc(Br)cc2)s1. The molecule has 1 N–H and O–H groups in total. The van der Waals surface area contributed by atoms with Crippen molar-refractivity contribution in [2.24, 2.45) is 0 Å². The lowest BCUT2D eigenvalue weighted by Gasteiger charge is -2.27. The molecule has 1 amide bonds. The van der Waals surface area contributed by atoms with Crippen LogP contribution in [0.5, 0.6) is 0 Å². The Morgan fingerprint density at radius 1 is 1.13 bits per heavy atom. The lowest BCUT2D eigenvalue weighted by atomic mass is 9.95. The fraction of sp³-hybridized carbons (Fsp3) is 0.174. The lowest BCUT2D eigenvalue weighted by molar-refractivity contribution is -0.130. The quantitative estimate of drug-likeness (QED) is 0.500. The number of thiazole rings is 1. The number of aliphatic hydroxyl groups excluding tert-OH is 1. The van der Waals surface area contributed by atoms with E-state index in [2.05, 4.69) is 20.9 Å². The van der Waals surface area contributed by atoms with Gasteiger partial charge in [-0.1, -0.05) is 58.4 Å². The fourth-order valence-electron chi connectivity index (χ4n) is 3.68. The average Bonchev–Trinajstić information content (AvgIpc) is 3.20. The first kappa shape index (κ1) is 20.5. The summed E-state index contributed by atoms with van der Waals surface area (Å²) in [6.45, 7) is 3.87. The van der Waals surface area contributed by atoms with Crippen LogP contribution in [0.15, 0.2) is 70.4 Å². The van der Waals surface area contributed by atoms with Gasteiger partial charge in [0.05, 0.1) is 27.2 Å². The lowest BCUT2D eigenvalue weighted by Crippen LogP contribution is -2.30. The Balaban J connectivity index is 1.81. The number of hydrogen-bond donors (Lipinski definition) is 1. The number of hydrogen-bond acceptors (Lipinski definition) is 5. The number of amides is 1. The molecule has 30 heavy (non-hydrogen) atoms. The maximum Gasteiger partial charge on any atom is 0.290 e. The third-order valence-electron chi connectivity index (χ3n) is 5.04. The minimum atomic E-state index is -0.680. The van der Waals surface area contributed by atoms with E-state index in [0.717, 1.165) is 20.6 Å². The Bertz CT molecular complexity index is 1150. The second-order valence-corrected chi connectivity index (χ2v) is 9.23. The van der Waals surface area contributed by atoms with Gasteiger partial charge in [0.15, 0.2) is 5.76 Å². The first-order valence-electron chi connectivity index (χ1n) is 9.39. The van der Waals surface area contributed by atoms with Gasteiger partial charge >= 0.3 is 0 Å². The van der Waals surface area contributed by atoms with Crippen LogP contribution in [0, 0.1) is 13.8 Å². The second kappa shape index (κ2) is 8.16. The summed E-state index contributed by atoms with van der Waals surface area (Å²) in [5.41, 5.74) is 2.38. The highest BCUT2D eigenvalue weighted by atomic mass is 79.9. The minimum absolute atomic E-state index is 0.102. The van der Waals surface area contributed by atoms with Crippen molar-refractivity contribution in [3.05, 3.63) is 97.1 Å². The molecule has 1 aliphatic rings. The molecule has 0 spiro atoms. The van der Waals surface area contributed by atoms with Crippen LogP contribution in [0.3, 0.4) is 0 Å². The Hall–Kier alpha value is -2.77. The van der Waals surface area contributed by atoms with Crippen LogP contribution in [-0.2, 0) is 11.3 Å². The molecular weight excluding hydrogens is 464 g/mol. The zero-order valence-corrected chi connectivity index (χ0v) is 18.8. The van der Waals surface area contributed by atoms with Crippen molar-refractivity contribution < 1.29 is 14.7 Å². The van der Waals surface area contributed by atoms with Crippen LogP contribution in [0.2, 0.25) is 0 Å². The Morgan fingerprint density at radius 3 is 2.40 bits per heavy atom. The number of rotatable bonds is 5. The molecule has 1 atom stereocenters. The van der Waals surface area contributed by atoms with Crippen molar-refractivity contribution in [2.75, 3.05) is 0 Å². The summed E-state index contributed by atoms with van der Waals surface area (Å²) in [6, 6.07) is 16.3. The van der Waals surface area contributed by atoms with Crippen molar-refractivity contribution >= 4 is 39.0 Å². The van der Waals surface area contributed by atoms with Crippen molar-refractivity contribution in [1.29, 1.82) is 0 Å². The Morgan fingerprint density at radius 2 is 1.80 bits per heavy atom. The van der Waals surface area contributed by atoms with Gasteiger partial charge in [0.1, 0.15) is 0 Å². The van der Waals surface area contributed by atoms with Crippen molar-refractivity contribution in [3.63, 3.8) is 0 Å². The van der Waals surface area contributed by atoms with Crippen LogP contribution >= 0.6 is 27.3 Å². The summed E-state index contributed by atoms with van der Waals surface area (Å²) < 4.78 is 0.889. The zero-order valence-electron chi connectivity index (χ0n) is 16.4. The molecule has 0 fully saturated rings. The molecule has 152 valence electrons. The summed E-state index contributed by atoms with van der Waals surface area (Å²) in [5, 5.41) is 11.5. The number of benzene rings is 2. The van der Waals surface area contributed by atoms with Gasteiger partial charge in [-0.25, -0.2) is 4.98 Å². The first-order valence-corrected chi connectivity index (χ1v) is 11.0. The first-order chi connectivity index (χ1) is 14.4. The molecule has 3 aromatic rings. The molecule has 1 aromatic heterocycles. The molecule has 2 heterocycles. The van der Waals surface area contributed by atoms with Crippen LogP contribution in [0.4, 0.5) is 0 Å². The molecule has 1 unspecified atom stereocenters. The number of ketones is 1. The second-order valence-electron chi connectivity index (χ2n) is 7.11. The monoisotopic (exact) mass is 482 g/mol. The summed E-state index contributed by atoms with van der Waals surface area (Å²) in [6.07, 6.45) is 0. The van der Waals surface area contributed by atoms with Gasteiger partial charge in [0.25, 0.3) is 5.91 Å². The summed E-state index contributed by atoms with van der Waals surface area (Å²) in [7, 11) is 0. The van der Waals surface area contributed by atoms with Gasteiger partial charge < -0.3 is 10.0 Å². The largest absolute Gasteiger partial charge is 0.503 e. The minimum Gasteiger partial charge on any atom is -0.503 e. The van der Waals surface area contributed by atoms with Gasteiger partial charge in [-0.3, -0.25) is 9.59 Å². The van der Waals surface area contributed by atoms with Crippen LogP contribution in [0.25, 0.3) is 0 Å². The molecule has 0 saturated heterocycles. The predicted octanol–water partition coefficient (Wildman–Crippen LogP) is 5.30. The van der Waals surface area contributed by atoms with Gasteiger partial charge in [-0.05, 0) is 37.1 Å². The van der Waals surface area contributed by atoms with E-state index in [0.29, 0.717) is 10.6 Å². The molecule has 0 radical (unpaired) electrons. The molecule has 0 aliphatic carbocycles. The van der Waals surface area contributed by atoms with Crippen LogP contribution in [0.1, 0.15) is 37.5 Å². The highest BCUT2D eigenvalue weighted by molar-refractivity contribution is 9.10. The van der Waals surface area contributed by atoms with E-state index in [1.54, 1.807) is 11.8 Å². The van der Waals surface area contributed by atoms with Crippen LogP contribution in [-0.4, -0.2) is 26.7 Å². The number of halogens is 1. The normalized spacial score (nSPS) is 16.4. The molecular formula is C23H19BrN2O3S. The van der Waals surface area contributed by atoms with E-state index < -0.39 is 17.7 Å². The Labute approximate surface area is 186 Å². The third-order valence-corrected chi connectivity index (χ3v) is 6.64. The number of nitrogens with zero attached hydrogens (tertiary/aromatic N) is 2. The van der Waals surface area contributed by atoms with E-state index in [9.17, 15) is 14.7 Å². The number of aliphatic hydroxyl groups is 1. The molecule has 0 saturated carbocycles. The molecule has 0 bridgehead atoms. The topological polar surface area (TPSA) is 70.5 Å². The molecule has 5 nitrogen and oxygen atoms in total. The van der Waals surface area contributed by atoms with Crippen LogP contribution < -0.4 is 0 Å². The summed E-state index contributed by atoms with van der Waals surface area (Å²) >= 11 is 4.70. The van der Waals surface area contributed by atoms with E-state index in [4.69, 9.17) is 0 Å². The van der Waals surface area contributed by atoms with Crippen molar-refractivity contribution in [3.8, 4) is 0 Å². The standard InChI is InChI=1S/C23H19BrN2O3S/c1-13-22(30-14(2)25-13)20(27)18-19(16-8-10-17(24)11-9-16)26(23(29)21(18)28)12-15-6-4-3-5-7-15/h3-11,19,28H,12H2,1-2H3. The van der Waals surface area contributed by atoms with E-state index in [1.165, 1.54) is 11.3 Å². The molecule has 4 rings (SSSR count). The van der Waals surface area contributed by atoms with Gasteiger partial charge in [-0.2, -0.15) is 0 Å². The number of Topliss-reactive ketones (excluding diaryl/α,β-unsaturated/α-hetero) is 1. The van der Waals surface area contributed by atoms with Gasteiger partial charge in [-0.15, -0.1) is 11.3 Å². The smallest absolute Gasteiger partial charge is 0.290 e. The number of carbonyl (C=O) groups is 2. The van der Waals surface area contributed by atoms with Gasteiger partial charge in [0.2, 0.25) is 5.78 Å². The number of aryl methyl sites for hydroxylation is 2. The van der Waals surface area contributed by atoms with Crippen molar-refractivity contribution in [2.45, 2.75) is 26.4 Å². The fourth-order valence-corrected chi connectivity index (χ4v) is 4.82. The average molecular weight is 483 g/mol. The Kier molecular flexibility index (Phi) is 5.58. The summed E-state index contributed by atoms with van der Waals surface area (Å²) in [4.78, 5) is 32.8. The summed E-state index contributed by atoms with van der Waals surface area (Å²) in [5.74, 6) is -1.39. The maximum atomic E-state index is 13.5. The van der Waals surface area contributed by atoms with Gasteiger partial charge in [0, 0.05) is 11.0 Å². The molecule has 7 heteroatoms. The van der Waals surface area contributed by atoms with E-state index >= 15 is 0 Å². The van der Waals surface area contributed by atoms with E-state index in [1.807, 2.05) is 61.5 Å². The number of carbonyl (C=O) groups excluding carboxylic acids is 2.